The molecule has 1 unspecified atom stereocenters. The first-order valence-electron chi connectivity index (χ1n) is 7.54. The van der Waals surface area contributed by atoms with Crippen molar-refractivity contribution in [1.29, 1.82) is 0 Å². The number of aryl methyl sites for hydroxylation is 1. The van der Waals surface area contributed by atoms with E-state index in [4.69, 9.17) is 0 Å². The minimum Gasteiger partial charge on any atom is -0.371 e. The number of anilines is 1. The maximum absolute atomic E-state index is 11.2. The van der Waals surface area contributed by atoms with Crippen LogP contribution in [0.2, 0.25) is 0 Å². The maximum atomic E-state index is 11.2. The molecule has 0 aliphatic carbocycles. The zero-order chi connectivity index (χ0) is 17.1. The molecule has 3 rings (SSSR count). The molecule has 2 aromatic carbocycles. The van der Waals surface area contributed by atoms with Crippen molar-refractivity contribution < 1.29 is 4.92 Å². The van der Waals surface area contributed by atoms with Crippen LogP contribution >= 0.6 is 0 Å². The summed E-state index contributed by atoms with van der Waals surface area (Å²) in [5.41, 5.74) is 2.98. The van der Waals surface area contributed by atoms with Gasteiger partial charge in [0.25, 0.3) is 5.69 Å². The van der Waals surface area contributed by atoms with Gasteiger partial charge in [0, 0.05) is 6.07 Å². The number of nitrogens with one attached hydrogen (secondary N) is 1. The van der Waals surface area contributed by atoms with Crippen molar-refractivity contribution in [2.75, 3.05) is 5.32 Å². The summed E-state index contributed by atoms with van der Waals surface area (Å²) >= 11 is 0. The molecule has 0 amide bonds. The second-order valence-corrected chi connectivity index (χ2v) is 5.52. The summed E-state index contributed by atoms with van der Waals surface area (Å²) in [5.74, 6) is 0. The highest BCUT2D eigenvalue weighted by atomic mass is 16.6. The summed E-state index contributed by atoms with van der Waals surface area (Å²) in [6.07, 6.45) is 1.82. The predicted molar refractivity (Wildman–Crippen MR) is 91.2 cm³/mol. The van der Waals surface area contributed by atoms with E-state index in [1.54, 1.807) is 10.7 Å². The minimum atomic E-state index is -0.386. The summed E-state index contributed by atoms with van der Waals surface area (Å²) in [6, 6.07) is 14.4. The molecular formula is C17H17N5O2. The predicted octanol–water partition coefficient (Wildman–Crippen LogP) is 3.66. The van der Waals surface area contributed by atoms with Gasteiger partial charge in [0.05, 0.1) is 22.8 Å². The number of nitrogens with zero attached hydrogens (tertiary/aromatic N) is 4. The van der Waals surface area contributed by atoms with Gasteiger partial charge in [0.15, 0.2) is 0 Å². The van der Waals surface area contributed by atoms with E-state index in [-0.39, 0.29) is 16.7 Å². The smallest absolute Gasteiger partial charge is 0.292 e. The van der Waals surface area contributed by atoms with Gasteiger partial charge in [-0.25, -0.2) is 4.68 Å². The molecule has 1 N–H and O–H groups in total. The van der Waals surface area contributed by atoms with Crippen LogP contribution in [0.1, 0.15) is 24.2 Å². The van der Waals surface area contributed by atoms with Gasteiger partial charge >= 0.3 is 0 Å². The second-order valence-electron chi connectivity index (χ2n) is 5.52. The Balaban J connectivity index is 1.85. The van der Waals surface area contributed by atoms with Crippen LogP contribution < -0.4 is 5.32 Å². The van der Waals surface area contributed by atoms with Crippen LogP contribution in [0.25, 0.3) is 5.69 Å². The van der Waals surface area contributed by atoms with Gasteiger partial charge in [-0.05, 0) is 31.5 Å². The van der Waals surface area contributed by atoms with Gasteiger partial charge in [-0.2, -0.15) is 0 Å². The lowest BCUT2D eigenvalue weighted by molar-refractivity contribution is -0.384. The fourth-order valence-electron chi connectivity index (χ4n) is 2.46. The van der Waals surface area contributed by atoms with Gasteiger partial charge < -0.3 is 5.32 Å². The molecule has 0 spiro atoms. The van der Waals surface area contributed by atoms with E-state index in [1.165, 1.54) is 6.07 Å². The maximum Gasteiger partial charge on any atom is 0.292 e. The molecule has 7 heteroatoms. The lowest BCUT2D eigenvalue weighted by atomic mass is 10.1. The van der Waals surface area contributed by atoms with Gasteiger partial charge in [0.1, 0.15) is 11.4 Å². The van der Waals surface area contributed by atoms with Crippen molar-refractivity contribution in [2.24, 2.45) is 0 Å². The molecule has 0 aliphatic heterocycles. The van der Waals surface area contributed by atoms with Crippen LogP contribution in [0.3, 0.4) is 0 Å². The quantitative estimate of drug-likeness (QED) is 0.572. The SMILES string of the molecule is Cc1cccc([N+](=O)[O-])c1NC(C)c1cn(-c2ccccc2)nn1. The molecule has 1 atom stereocenters. The summed E-state index contributed by atoms with van der Waals surface area (Å²) in [4.78, 5) is 10.8. The van der Waals surface area contributed by atoms with Crippen molar-refractivity contribution in [3.8, 4) is 5.69 Å². The van der Waals surface area contributed by atoms with E-state index in [2.05, 4.69) is 15.6 Å². The lowest BCUT2D eigenvalue weighted by Gasteiger charge is -2.14. The van der Waals surface area contributed by atoms with Gasteiger partial charge in [0.2, 0.25) is 0 Å². The highest BCUT2D eigenvalue weighted by molar-refractivity contribution is 5.66. The molecule has 0 saturated heterocycles. The molecule has 24 heavy (non-hydrogen) atoms. The monoisotopic (exact) mass is 323 g/mol. The summed E-state index contributed by atoms with van der Waals surface area (Å²) in [5, 5.41) is 22.7. The van der Waals surface area contributed by atoms with E-state index in [1.807, 2.05) is 56.4 Å². The van der Waals surface area contributed by atoms with Crippen molar-refractivity contribution in [3.63, 3.8) is 0 Å². The van der Waals surface area contributed by atoms with Gasteiger partial charge in [-0.15, -0.1) is 5.10 Å². The third-order valence-electron chi connectivity index (χ3n) is 3.78. The van der Waals surface area contributed by atoms with Crippen LogP contribution in [-0.2, 0) is 0 Å². The first-order valence-corrected chi connectivity index (χ1v) is 7.54. The fourth-order valence-corrected chi connectivity index (χ4v) is 2.46. The third kappa shape index (κ3) is 3.10. The summed E-state index contributed by atoms with van der Waals surface area (Å²) < 4.78 is 1.68. The molecule has 0 saturated carbocycles. The Morgan fingerprint density at radius 3 is 2.62 bits per heavy atom. The molecule has 1 heterocycles. The van der Waals surface area contributed by atoms with Crippen molar-refractivity contribution >= 4 is 11.4 Å². The van der Waals surface area contributed by atoms with E-state index in [9.17, 15) is 10.1 Å². The van der Waals surface area contributed by atoms with Crippen molar-refractivity contribution in [2.45, 2.75) is 19.9 Å². The number of rotatable bonds is 5. The number of aromatic nitrogens is 3. The average Bonchev–Trinajstić information content (AvgIpc) is 3.07. The van der Waals surface area contributed by atoms with E-state index in [0.717, 1.165) is 11.3 Å². The number of benzene rings is 2. The third-order valence-corrected chi connectivity index (χ3v) is 3.78. The number of nitro groups is 1. The molecule has 0 bridgehead atoms. The van der Waals surface area contributed by atoms with E-state index >= 15 is 0 Å². The molecular weight excluding hydrogens is 306 g/mol. The zero-order valence-electron chi connectivity index (χ0n) is 13.4. The summed E-state index contributed by atoms with van der Waals surface area (Å²) in [7, 11) is 0. The highest BCUT2D eigenvalue weighted by Crippen LogP contribution is 2.30. The molecule has 0 fully saturated rings. The van der Waals surface area contributed by atoms with E-state index < -0.39 is 0 Å². The molecule has 122 valence electrons. The molecule has 0 aliphatic rings. The van der Waals surface area contributed by atoms with E-state index in [0.29, 0.717) is 11.4 Å². The van der Waals surface area contributed by atoms with Gasteiger partial charge in [-0.3, -0.25) is 10.1 Å². The van der Waals surface area contributed by atoms with Crippen LogP contribution in [0.5, 0.6) is 0 Å². The molecule has 3 aromatic rings. The number of nitro benzene ring substituents is 1. The summed E-state index contributed by atoms with van der Waals surface area (Å²) in [6.45, 7) is 3.73. The lowest BCUT2D eigenvalue weighted by Crippen LogP contribution is -2.10. The first kappa shape index (κ1) is 15.7. The Kier molecular flexibility index (Phi) is 4.24. The minimum absolute atomic E-state index is 0.0531. The Morgan fingerprint density at radius 2 is 1.92 bits per heavy atom. The van der Waals surface area contributed by atoms with Crippen LogP contribution in [0.15, 0.2) is 54.7 Å². The molecule has 1 aromatic heterocycles. The fraction of sp³-hybridized carbons (Fsp3) is 0.176. The topological polar surface area (TPSA) is 85.9 Å². The second kappa shape index (κ2) is 6.49. The Hall–Kier alpha value is -3.22. The Labute approximate surface area is 139 Å². The highest BCUT2D eigenvalue weighted by Gasteiger charge is 2.19. The Morgan fingerprint density at radius 1 is 1.17 bits per heavy atom. The largest absolute Gasteiger partial charge is 0.371 e. The number of hydrogen-bond acceptors (Lipinski definition) is 5. The van der Waals surface area contributed by atoms with Crippen LogP contribution in [-0.4, -0.2) is 19.9 Å². The standard InChI is InChI=1S/C17H17N5O2/c1-12-7-6-10-16(22(23)24)17(12)18-13(2)15-11-21(20-19-15)14-8-4-3-5-9-14/h3-11,13,18H,1-2H3. The zero-order valence-corrected chi connectivity index (χ0v) is 13.4. The molecule has 7 nitrogen and oxygen atoms in total. The average molecular weight is 323 g/mol. The number of para-hydroxylation sites is 2. The number of hydrogen-bond donors (Lipinski definition) is 1. The van der Waals surface area contributed by atoms with Crippen molar-refractivity contribution in [3.05, 3.63) is 76.1 Å². The van der Waals surface area contributed by atoms with Crippen LogP contribution in [0, 0.1) is 17.0 Å². The van der Waals surface area contributed by atoms with Crippen molar-refractivity contribution in [1.82, 2.24) is 15.0 Å². The molecule has 0 radical (unpaired) electrons. The Bertz CT molecular complexity index is 860. The van der Waals surface area contributed by atoms with Gasteiger partial charge in [-0.1, -0.05) is 35.5 Å². The van der Waals surface area contributed by atoms with Crippen LogP contribution in [0.4, 0.5) is 11.4 Å². The first-order chi connectivity index (χ1) is 11.6. The normalized spacial score (nSPS) is 11.9.